The number of esters is 1. The van der Waals surface area contributed by atoms with E-state index in [1.807, 2.05) is 0 Å². The lowest BCUT2D eigenvalue weighted by Crippen LogP contribution is -2.54. The van der Waals surface area contributed by atoms with Crippen molar-refractivity contribution >= 4 is 11.8 Å². The molecule has 4 saturated carbocycles. The van der Waals surface area contributed by atoms with Crippen molar-refractivity contribution in [2.75, 3.05) is 7.11 Å². The number of aliphatic hydroxyl groups is 2. The van der Waals surface area contributed by atoms with E-state index < -0.39 is 12.1 Å². The number of hydrogen-bond donors (Lipinski definition) is 2. The van der Waals surface area contributed by atoms with Crippen LogP contribution in [0.2, 0.25) is 0 Å². The Balaban J connectivity index is 1.50. The van der Waals surface area contributed by atoms with Crippen LogP contribution in [-0.2, 0) is 14.3 Å². The van der Waals surface area contributed by atoms with Crippen LogP contribution in [-0.4, -0.2) is 41.3 Å². The van der Waals surface area contributed by atoms with Crippen molar-refractivity contribution in [3.63, 3.8) is 0 Å². The molecule has 0 aromatic heterocycles. The predicted molar refractivity (Wildman–Crippen MR) is 109 cm³/mol. The van der Waals surface area contributed by atoms with Gasteiger partial charge in [-0.15, -0.1) is 0 Å². The van der Waals surface area contributed by atoms with Crippen LogP contribution in [0.4, 0.5) is 0 Å². The summed E-state index contributed by atoms with van der Waals surface area (Å²) in [5.41, 5.74) is 0.331. The SMILES string of the molecule is COC(=O)C(O)CC(=O)[C@H]1CC[C@H]2[C@@H]3CC[C@H]4C[C@@H](O)CC[C@]4(C)[C@H]3CC[C@]12C. The van der Waals surface area contributed by atoms with E-state index in [9.17, 15) is 19.8 Å². The van der Waals surface area contributed by atoms with Crippen LogP contribution in [0.3, 0.4) is 0 Å². The van der Waals surface area contributed by atoms with Crippen LogP contribution in [0.15, 0.2) is 0 Å². The van der Waals surface area contributed by atoms with Gasteiger partial charge in [-0.1, -0.05) is 13.8 Å². The number of hydrogen-bond acceptors (Lipinski definition) is 5. The summed E-state index contributed by atoms with van der Waals surface area (Å²) in [6, 6.07) is 0. The summed E-state index contributed by atoms with van der Waals surface area (Å²) in [6.45, 7) is 4.78. The van der Waals surface area contributed by atoms with Gasteiger partial charge in [-0.2, -0.15) is 0 Å². The van der Waals surface area contributed by atoms with Crippen LogP contribution in [0.1, 0.15) is 78.1 Å². The summed E-state index contributed by atoms with van der Waals surface area (Å²) < 4.78 is 4.59. The number of methoxy groups -OCH3 is 1. The first-order valence-electron chi connectivity index (χ1n) is 11.7. The molecule has 0 heterocycles. The Morgan fingerprint density at radius 2 is 1.69 bits per heavy atom. The molecule has 0 aliphatic heterocycles. The molecule has 4 aliphatic rings. The van der Waals surface area contributed by atoms with Crippen LogP contribution in [0, 0.1) is 40.4 Å². The average Bonchev–Trinajstić information content (AvgIpc) is 3.05. The minimum absolute atomic E-state index is 0.00847. The molecule has 5 nitrogen and oxygen atoms in total. The van der Waals surface area contributed by atoms with E-state index in [-0.39, 0.29) is 29.6 Å². The maximum Gasteiger partial charge on any atom is 0.335 e. The minimum atomic E-state index is -1.34. The largest absolute Gasteiger partial charge is 0.467 e. The smallest absolute Gasteiger partial charge is 0.335 e. The Kier molecular flexibility index (Phi) is 5.61. The molecule has 0 spiro atoms. The first-order valence-corrected chi connectivity index (χ1v) is 11.7. The molecule has 29 heavy (non-hydrogen) atoms. The van der Waals surface area contributed by atoms with Crippen molar-refractivity contribution in [3.05, 3.63) is 0 Å². The molecule has 0 aromatic rings. The number of rotatable bonds is 4. The van der Waals surface area contributed by atoms with E-state index in [0.29, 0.717) is 29.1 Å². The van der Waals surface area contributed by atoms with Crippen molar-refractivity contribution in [3.8, 4) is 0 Å². The van der Waals surface area contributed by atoms with Gasteiger partial charge in [0.25, 0.3) is 0 Å². The molecule has 0 aromatic carbocycles. The molecule has 4 aliphatic carbocycles. The summed E-state index contributed by atoms with van der Waals surface area (Å²) in [7, 11) is 1.24. The van der Waals surface area contributed by atoms with Gasteiger partial charge in [0.2, 0.25) is 0 Å². The molecule has 1 unspecified atom stereocenters. The minimum Gasteiger partial charge on any atom is -0.467 e. The Morgan fingerprint density at radius 1 is 1.00 bits per heavy atom. The second-order valence-electron chi connectivity index (χ2n) is 11.0. The molecule has 0 radical (unpaired) electrons. The zero-order valence-corrected chi connectivity index (χ0v) is 18.2. The van der Waals surface area contributed by atoms with Crippen molar-refractivity contribution in [2.45, 2.75) is 90.3 Å². The van der Waals surface area contributed by atoms with Crippen LogP contribution >= 0.6 is 0 Å². The van der Waals surface area contributed by atoms with Crippen LogP contribution < -0.4 is 0 Å². The second kappa shape index (κ2) is 7.64. The topological polar surface area (TPSA) is 83.8 Å². The summed E-state index contributed by atoms with van der Waals surface area (Å²) in [4.78, 5) is 24.6. The number of carbonyl (C=O) groups excluding carboxylic acids is 2. The fourth-order valence-electron chi connectivity index (χ4n) is 8.32. The van der Waals surface area contributed by atoms with Gasteiger partial charge < -0.3 is 14.9 Å². The highest BCUT2D eigenvalue weighted by Gasteiger charge is 2.61. The van der Waals surface area contributed by atoms with Crippen LogP contribution in [0.5, 0.6) is 0 Å². The molecule has 4 rings (SSSR count). The molecule has 0 amide bonds. The highest BCUT2D eigenvalue weighted by molar-refractivity contribution is 5.87. The van der Waals surface area contributed by atoms with E-state index in [0.717, 1.165) is 38.5 Å². The fraction of sp³-hybridized carbons (Fsp3) is 0.917. The third kappa shape index (κ3) is 3.37. The number of aliphatic hydroxyl groups excluding tert-OH is 2. The van der Waals surface area contributed by atoms with Crippen molar-refractivity contribution in [1.29, 1.82) is 0 Å². The maximum absolute atomic E-state index is 13.0. The summed E-state index contributed by atoms with van der Waals surface area (Å²) in [5.74, 6) is 1.86. The second-order valence-corrected chi connectivity index (χ2v) is 11.0. The first kappa shape index (κ1) is 21.3. The molecule has 0 saturated heterocycles. The number of fused-ring (bicyclic) bond motifs is 5. The van der Waals surface area contributed by atoms with Gasteiger partial charge in [-0.05, 0) is 92.3 Å². The van der Waals surface area contributed by atoms with Gasteiger partial charge in [-0.3, -0.25) is 4.79 Å². The van der Waals surface area contributed by atoms with Gasteiger partial charge in [0, 0.05) is 12.3 Å². The highest BCUT2D eigenvalue weighted by atomic mass is 16.5. The Hall–Kier alpha value is -0.940. The number of ether oxygens (including phenoxy) is 1. The fourth-order valence-corrected chi connectivity index (χ4v) is 8.32. The van der Waals surface area contributed by atoms with Gasteiger partial charge >= 0.3 is 5.97 Å². The Labute approximate surface area is 174 Å². The molecule has 164 valence electrons. The molecular formula is C24H38O5. The van der Waals surface area contributed by atoms with E-state index in [4.69, 9.17) is 0 Å². The third-order valence-corrected chi connectivity index (χ3v) is 9.89. The predicted octanol–water partition coefficient (Wildman–Crippen LogP) is 3.50. The van der Waals surface area contributed by atoms with Crippen LogP contribution in [0.25, 0.3) is 0 Å². The zero-order chi connectivity index (χ0) is 21.0. The lowest BCUT2D eigenvalue weighted by atomic mass is 9.44. The zero-order valence-electron chi connectivity index (χ0n) is 18.2. The summed E-state index contributed by atoms with van der Waals surface area (Å²) in [5, 5.41) is 20.2. The van der Waals surface area contributed by atoms with E-state index >= 15 is 0 Å². The number of carbonyl (C=O) groups is 2. The quantitative estimate of drug-likeness (QED) is 0.698. The maximum atomic E-state index is 13.0. The molecule has 0 bridgehead atoms. The van der Waals surface area contributed by atoms with Gasteiger partial charge in [0.05, 0.1) is 13.2 Å². The molecule has 9 atom stereocenters. The highest BCUT2D eigenvalue weighted by Crippen LogP contribution is 2.67. The average molecular weight is 407 g/mol. The Morgan fingerprint density at radius 3 is 2.41 bits per heavy atom. The summed E-state index contributed by atoms with van der Waals surface area (Å²) in [6.07, 6.45) is 8.11. The molecular weight excluding hydrogens is 368 g/mol. The van der Waals surface area contributed by atoms with E-state index in [1.54, 1.807) is 0 Å². The molecule has 4 fully saturated rings. The standard InChI is InChI=1S/C24H38O5/c1-23-10-8-15(25)12-14(23)4-5-16-17-6-7-19(24(17,2)11-9-18(16)23)20(26)13-21(27)22(28)29-3/h14-19,21,25,27H,4-13H2,1-3H3/t14-,15-,16-,17-,18-,19+,21?,23-,24-/m0/s1. The van der Waals surface area contributed by atoms with Gasteiger partial charge in [-0.25, -0.2) is 4.79 Å². The van der Waals surface area contributed by atoms with Crippen molar-refractivity contribution < 1.29 is 24.5 Å². The Bertz CT molecular complexity index is 662. The lowest BCUT2D eigenvalue weighted by molar-refractivity contribution is -0.154. The van der Waals surface area contributed by atoms with Crippen molar-refractivity contribution in [1.82, 2.24) is 0 Å². The normalized spacial score (nSPS) is 47.5. The summed E-state index contributed by atoms with van der Waals surface area (Å²) >= 11 is 0. The number of Topliss-reactive ketones (excluding diaryl/α,β-unsaturated/α-hetero) is 1. The third-order valence-electron chi connectivity index (χ3n) is 9.89. The van der Waals surface area contributed by atoms with Gasteiger partial charge in [0.15, 0.2) is 6.10 Å². The molecule has 2 N–H and O–H groups in total. The first-order chi connectivity index (χ1) is 13.7. The molecule has 5 heteroatoms. The van der Waals surface area contributed by atoms with Gasteiger partial charge in [0.1, 0.15) is 5.78 Å². The monoisotopic (exact) mass is 406 g/mol. The van der Waals surface area contributed by atoms with E-state index in [2.05, 4.69) is 18.6 Å². The number of ketones is 1. The van der Waals surface area contributed by atoms with Crippen molar-refractivity contribution in [2.24, 2.45) is 40.4 Å². The lowest BCUT2D eigenvalue weighted by Gasteiger charge is -2.60. The van der Waals surface area contributed by atoms with E-state index in [1.165, 1.54) is 26.4 Å².